The fourth-order valence-corrected chi connectivity index (χ4v) is 5.43. The molecule has 3 unspecified atom stereocenters. The maximum Gasteiger partial charge on any atom is 0.242 e. The maximum atomic E-state index is 12.6. The summed E-state index contributed by atoms with van der Waals surface area (Å²) in [7, 11) is 2.18. The van der Waals surface area contributed by atoms with Crippen LogP contribution >= 0.6 is 11.8 Å². The molecule has 0 saturated carbocycles. The molecule has 2 heterocycles. The average molecular weight is 382 g/mol. The second-order valence-electron chi connectivity index (χ2n) is 8.81. The van der Waals surface area contributed by atoms with Crippen molar-refractivity contribution < 1.29 is 4.79 Å². The minimum Gasteiger partial charge on any atom is -0.306 e. The molecule has 0 radical (unpaired) electrons. The van der Waals surface area contributed by atoms with Crippen LogP contribution in [-0.4, -0.2) is 46.9 Å². The van der Waals surface area contributed by atoms with Crippen LogP contribution in [0.25, 0.3) is 0 Å². The molecule has 0 aromatic rings. The van der Waals surface area contributed by atoms with Crippen molar-refractivity contribution in [2.45, 2.75) is 83.9 Å². The Morgan fingerprint density at radius 2 is 1.88 bits per heavy atom. The van der Waals surface area contributed by atoms with Gasteiger partial charge in [0.1, 0.15) is 0 Å². The fourth-order valence-electron chi connectivity index (χ4n) is 4.18. The van der Waals surface area contributed by atoms with E-state index in [1.54, 1.807) is 11.8 Å². The molecule has 0 aliphatic carbocycles. The Morgan fingerprint density at radius 1 is 1.27 bits per heavy atom. The summed E-state index contributed by atoms with van der Waals surface area (Å²) < 4.78 is -0.349. The Labute approximate surface area is 165 Å². The lowest BCUT2D eigenvalue weighted by molar-refractivity contribution is -0.121. The number of rotatable bonds is 8. The summed E-state index contributed by atoms with van der Waals surface area (Å²) in [6, 6.07) is 0.254. The first-order valence-corrected chi connectivity index (χ1v) is 11.4. The van der Waals surface area contributed by atoms with Gasteiger partial charge in [-0.25, -0.2) is 0 Å². The third kappa shape index (κ3) is 5.72. The molecular formula is C21H39N3OS. The number of hydrogen-bond acceptors (Lipinski definition) is 4. The number of carbonyl (C=O) groups is 1. The number of aliphatic imine (C=N–C) groups is 1. The highest BCUT2D eigenvalue weighted by atomic mass is 32.2. The van der Waals surface area contributed by atoms with E-state index in [0.717, 1.165) is 30.6 Å². The lowest BCUT2D eigenvalue weighted by Gasteiger charge is -2.32. The van der Waals surface area contributed by atoms with Crippen molar-refractivity contribution in [3.8, 4) is 0 Å². The summed E-state index contributed by atoms with van der Waals surface area (Å²) in [5.74, 6) is 2.14. The lowest BCUT2D eigenvalue weighted by Crippen LogP contribution is -2.38. The number of nitrogens with one attached hydrogen (secondary N) is 1. The molecule has 5 heteroatoms. The zero-order valence-corrected chi connectivity index (χ0v) is 18.5. The zero-order chi connectivity index (χ0) is 19.3. The molecule has 26 heavy (non-hydrogen) atoms. The van der Waals surface area contributed by atoms with Gasteiger partial charge in [0.25, 0.3) is 0 Å². The molecule has 2 aliphatic rings. The van der Waals surface area contributed by atoms with Gasteiger partial charge < -0.3 is 10.2 Å². The van der Waals surface area contributed by atoms with Crippen molar-refractivity contribution in [2.24, 2.45) is 22.7 Å². The van der Waals surface area contributed by atoms with E-state index in [2.05, 4.69) is 51.9 Å². The third-order valence-corrected chi connectivity index (χ3v) is 7.75. The van der Waals surface area contributed by atoms with Gasteiger partial charge in [0.05, 0.1) is 10.8 Å². The van der Waals surface area contributed by atoms with Crippen LogP contribution in [0.2, 0.25) is 0 Å². The number of amidine groups is 1. The van der Waals surface area contributed by atoms with Crippen LogP contribution in [0.4, 0.5) is 0 Å². The predicted octanol–water partition coefficient (Wildman–Crippen LogP) is 4.55. The van der Waals surface area contributed by atoms with Gasteiger partial charge in [-0.15, -0.1) is 0 Å². The van der Waals surface area contributed by atoms with Crippen LogP contribution in [0.3, 0.4) is 0 Å². The molecule has 0 aromatic heterocycles. The molecule has 4 nitrogen and oxygen atoms in total. The number of amides is 1. The van der Waals surface area contributed by atoms with E-state index in [-0.39, 0.29) is 16.7 Å². The van der Waals surface area contributed by atoms with E-state index in [4.69, 9.17) is 4.99 Å². The Morgan fingerprint density at radius 3 is 2.46 bits per heavy atom. The third-order valence-electron chi connectivity index (χ3n) is 6.54. The Balaban J connectivity index is 1.93. The number of carbonyl (C=O) groups excluding carboxylic acids is 1. The molecule has 1 N–H and O–H groups in total. The van der Waals surface area contributed by atoms with Gasteiger partial charge in [-0.3, -0.25) is 9.79 Å². The molecule has 150 valence electrons. The number of likely N-dealkylation sites (tertiary alicyclic amines) is 1. The van der Waals surface area contributed by atoms with E-state index in [9.17, 15) is 4.79 Å². The summed E-state index contributed by atoms with van der Waals surface area (Å²) in [5, 5.41) is 3.92. The van der Waals surface area contributed by atoms with Crippen LogP contribution in [0, 0.1) is 17.8 Å². The van der Waals surface area contributed by atoms with Gasteiger partial charge in [0, 0.05) is 0 Å². The first kappa shape index (κ1) is 21.7. The van der Waals surface area contributed by atoms with Crippen LogP contribution in [0.15, 0.2) is 4.99 Å². The minimum absolute atomic E-state index is 0.153. The van der Waals surface area contributed by atoms with Crippen molar-refractivity contribution in [3.63, 3.8) is 0 Å². The van der Waals surface area contributed by atoms with Gasteiger partial charge >= 0.3 is 0 Å². The summed E-state index contributed by atoms with van der Waals surface area (Å²) in [4.78, 5) is 19.9. The average Bonchev–Trinajstić information content (AvgIpc) is 2.87. The highest BCUT2D eigenvalue weighted by molar-refractivity contribution is 8.16. The molecule has 0 aromatic carbocycles. The van der Waals surface area contributed by atoms with Crippen molar-refractivity contribution in [2.75, 3.05) is 20.1 Å². The summed E-state index contributed by atoms with van der Waals surface area (Å²) in [6.45, 7) is 13.5. The fraction of sp³-hybridized carbons (Fsp3) is 0.905. The Bertz CT molecular complexity index is 497. The lowest BCUT2D eigenvalue weighted by atomic mass is 9.87. The standard InChI is InChI=1S/C21H39N3OS/c1-7-17(8-2)13-15(3)16(4)22-20-23-19(25)21(5,26-20)14-18-9-11-24(6)12-10-18/h15-18H,7-14H2,1-6H3,(H,22,23,25). The highest BCUT2D eigenvalue weighted by Crippen LogP contribution is 2.40. The van der Waals surface area contributed by atoms with Crippen molar-refractivity contribution >= 4 is 22.8 Å². The van der Waals surface area contributed by atoms with E-state index >= 15 is 0 Å². The summed E-state index contributed by atoms with van der Waals surface area (Å²) in [6.07, 6.45) is 7.07. The topological polar surface area (TPSA) is 44.7 Å². The van der Waals surface area contributed by atoms with Crippen molar-refractivity contribution in [3.05, 3.63) is 0 Å². The van der Waals surface area contributed by atoms with Crippen LogP contribution < -0.4 is 5.32 Å². The molecule has 2 fully saturated rings. The van der Waals surface area contributed by atoms with Gasteiger partial charge in [-0.05, 0) is 77.4 Å². The number of piperidine rings is 1. The first-order chi connectivity index (χ1) is 12.3. The van der Waals surface area contributed by atoms with Crippen LogP contribution in [0.1, 0.15) is 73.1 Å². The van der Waals surface area contributed by atoms with Gasteiger partial charge in [-0.2, -0.15) is 0 Å². The molecule has 2 aliphatic heterocycles. The van der Waals surface area contributed by atoms with E-state index in [1.165, 1.54) is 32.1 Å². The number of thioether (sulfide) groups is 1. The monoisotopic (exact) mass is 381 g/mol. The highest BCUT2D eigenvalue weighted by Gasteiger charge is 2.44. The van der Waals surface area contributed by atoms with Crippen LogP contribution in [-0.2, 0) is 4.79 Å². The minimum atomic E-state index is -0.349. The van der Waals surface area contributed by atoms with E-state index in [1.807, 2.05) is 0 Å². The van der Waals surface area contributed by atoms with Crippen LogP contribution in [0.5, 0.6) is 0 Å². The molecule has 0 bridgehead atoms. The molecule has 1 amide bonds. The molecule has 2 saturated heterocycles. The largest absolute Gasteiger partial charge is 0.306 e. The summed E-state index contributed by atoms with van der Waals surface area (Å²) >= 11 is 1.67. The Kier molecular flexibility index (Phi) is 8.02. The Hall–Kier alpha value is -0.550. The van der Waals surface area contributed by atoms with E-state index in [0.29, 0.717) is 11.8 Å². The predicted molar refractivity (Wildman–Crippen MR) is 114 cm³/mol. The second-order valence-corrected chi connectivity index (χ2v) is 10.3. The summed E-state index contributed by atoms with van der Waals surface area (Å²) in [5.41, 5.74) is 0. The first-order valence-electron chi connectivity index (χ1n) is 10.5. The van der Waals surface area contributed by atoms with Crippen molar-refractivity contribution in [1.29, 1.82) is 0 Å². The SMILES string of the molecule is CCC(CC)CC(C)C(C)N=C1NC(=O)C(C)(CC2CCN(C)CC2)S1. The maximum absolute atomic E-state index is 12.6. The van der Waals surface area contributed by atoms with E-state index < -0.39 is 0 Å². The van der Waals surface area contributed by atoms with Gasteiger partial charge in [-0.1, -0.05) is 45.4 Å². The second kappa shape index (κ2) is 9.59. The quantitative estimate of drug-likeness (QED) is 0.671. The molecule has 0 spiro atoms. The van der Waals surface area contributed by atoms with Gasteiger partial charge in [0.2, 0.25) is 5.91 Å². The van der Waals surface area contributed by atoms with Crippen molar-refractivity contribution in [1.82, 2.24) is 10.2 Å². The number of hydrogen-bond donors (Lipinski definition) is 1. The van der Waals surface area contributed by atoms with Gasteiger partial charge in [0.15, 0.2) is 5.17 Å². The molecule has 3 atom stereocenters. The normalized spacial score (nSPS) is 29.3. The zero-order valence-electron chi connectivity index (χ0n) is 17.7. The molecule has 2 rings (SSSR count). The number of nitrogens with zero attached hydrogens (tertiary/aromatic N) is 2. The molecular weight excluding hydrogens is 342 g/mol. The smallest absolute Gasteiger partial charge is 0.242 e.